The van der Waals surface area contributed by atoms with Gasteiger partial charge in [-0.1, -0.05) is 0 Å². The normalized spacial score (nSPS) is 20.0. The fourth-order valence-corrected chi connectivity index (χ4v) is 2.87. The topological polar surface area (TPSA) is 66.9 Å². The minimum Gasteiger partial charge on any atom is -0.459 e. The van der Waals surface area contributed by atoms with E-state index >= 15 is 0 Å². The number of esters is 1. The molecule has 0 aromatic carbocycles. The Kier molecular flexibility index (Phi) is 5.34. The van der Waals surface area contributed by atoms with Crippen LogP contribution in [-0.4, -0.2) is 68.2 Å². The Morgan fingerprint density at radius 1 is 1.16 bits per heavy atom. The predicted molar refractivity (Wildman–Crippen MR) is 73.3 cm³/mol. The third kappa shape index (κ3) is 6.35. The molecule has 1 aliphatic heterocycles. The number of carbonyl (C=O) groups excluding carboxylic acids is 1. The van der Waals surface area contributed by atoms with Gasteiger partial charge in [0.1, 0.15) is 5.60 Å². The summed E-state index contributed by atoms with van der Waals surface area (Å²) in [5, 5.41) is 0. The van der Waals surface area contributed by atoms with E-state index in [0.29, 0.717) is 26.2 Å². The third-order valence-corrected chi connectivity index (χ3v) is 4.09. The molecule has 0 bridgehead atoms. The van der Waals surface area contributed by atoms with Crippen molar-refractivity contribution in [3.8, 4) is 0 Å². The summed E-state index contributed by atoms with van der Waals surface area (Å²) in [6.45, 7) is 7.94. The molecule has 0 amide bonds. The van der Waals surface area contributed by atoms with E-state index in [1.165, 1.54) is 10.6 Å². The Labute approximate surface area is 115 Å². The molecule has 0 atom stereocenters. The second-order valence-electron chi connectivity index (χ2n) is 5.88. The van der Waals surface area contributed by atoms with Gasteiger partial charge in [0.2, 0.25) is 10.0 Å². The fraction of sp³-hybridized carbons (Fsp3) is 0.917. The lowest BCUT2D eigenvalue weighted by molar-refractivity contribution is -0.156. The predicted octanol–water partition coefficient (Wildman–Crippen LogP) is 0.295. The Morgan fingerprint density at radius 3 is 2.32 bits per heavy atom. The van der Waals surface area contributed by atoms with Gasteiger partial charge in [0.05, 0.1) is 12.8 Å². The molecular weight excluding hydrogens is 268 g/mol. The molecule has 6 nitrogen and oxygen atoms in total. The van der Waals surface area contributed by atoms with Gasteiger partial charge in [-0.25, -0.2) is 12.7 Å². The van der Waals surface area contributed by atoms with Crippen LogP contribution in [0.5, 0.6) is 0 Å². The van der Waals surface area contributed by atoms with Crippen molar-refractivity contribution in [1.82, 2.24) is 9.21 Å². The van der Waals surface area contributed by atoms with Gasteiger partial charge in [-0.3, -0.25) is 9.69 Å². The standard InChI is InChI=1S/C12H24N2O4S/c1-12(2,3)18-11(15)10-13-6-5-7-14(9-8-13)19(4,16)17/h5-10H2,1-4H3. The van der Waals surface area contributed by atoms with E-state index in [2.05, 4.69) is 0 Å². The van der Waals surface area contributed by atoms with Crippen LogP contribution in [0.25, 0.3) is 0 Å². The number of ether oxygens (including phenoxy) is 1. The number of hydrogen-bond donors (Lipinski definition) is 0. The summed E-state index contributed by atoms with van der Waals surface area (Å²) in [4.78, 5) is 13.7. The van der Waals surface area contributed by atoms with Gasteiger partial charge in [0, 0.05) is 26.2 Å². The zero-order valence-corrected chi connectivity index (χ0v) is 13.0. The molecule has 1 saturated heterocycles. The van der Waals surface area contributed by atoms with E-state index in [0.717, 1.165) is 6.42 Å². The van der Waals surface area contributed by atoms with Gasteiger partial charge in [0.15, 0.2) is 0 Å². The molecule has 1 rings (SSSR count). The summed E-state index contributed by atoms with van der Waals surface area (Å²) in [6.07, 6.45) is 1.95. The molecule has 0 radical (unpaired) electrons. The van der Waals surface area contributed by atoms with Crippen LogP contribution in [-0.2, 0) is 19.6 Å². The van der Waals surface area contributed by atoms with Crippen LogP contribution in [0.1, 0.15) is 27.2 Å². The molecule has 19 heavy (non-hydrogen) atoms. The van der Waals surface area contributed by atoms with E-state index < -0.39 is 15.6 Å². The van der Waals surface area contributed by atoms with Crippen molar-refractivity contribution in [2.45, 2.75) is 32.8 Å². The van der Waals surface area contributed by atoms with Crippen LogP contribution in [0.3, 0.4) is 0 Å². The van der Waals surface area contributed by atoms with E-state index in [-0.39, 0.29) is 12.5 Å². The van der Waals surface area contributed by atoms with Crippen molar-refractivity contribution in [2.24, 2.45) is 0 Å². The van der Waals surface area contributed by atoms with Crippen molar-refractivity contribution in [3.05, 3.63) is 0 Å². The number of carbonyl (C=O) groups is 1. The summed E-state index contributed by atoms with van der Waals surface area (Å²) in [7, 11) is -3.14. The van der Waals surface area contributed by atoms with Crippen LogP contribution in [0.2, 0.25) is 0 Å². The fourth-order valence-electron chi connectivity index (χ4n) is 1.99. The molecule has 0 aromatic rings. The number of rotatable bonds is 3. The average Bonchev–Trinajstić information content (AvgIpc) is 2.38. The molecule has 0 saturated carbocycles. The molecule has 0 spiro atoms. The highest BCUT2D eigenvalue weighted by atomic mass is 32.2. The molecule has 7 heteroatoms. The largest absolute Gasteiger partial charge is 0.459 e. The highest BCUT2D eigenvalue weighted by Gasteiger charge is 2.24. The summed E-state index contributed by atoms with van der Waals surface area (Å²) in [6, 6.07) is 0. The Hall–Kier alpha value is -0.660. The maximum absolute atomic E-state index is 11.7. The summed E-state index contributed by atoms with van der Waals surface area (Å²) in [5.41, 5.74) is -0.484. The second-order valence-corrected chi connectivity index (χ2v) is 7.86. The van der Waals surface area contributed by atoms with Crippen molar-refractivity contribution >= 4 is 16.0 Å². The van der Waals surface area contributed by atoms with Gasteiger partial charge >= 0.3 is 5.97 Å². The first-order chi connectivity index (χ1) is 8.58. The Morgan fingerprint density at radius 2 is 1.79 bits per heavy atom. The van der Waals surface area contributed by atoms with Crippen LogP contribution in [0.4, 0.5) is 0 Å². The first kappa shape index (κ1) is 16.4. The van der Waals surface area contributed by atoms with Gasteiger partial charge in [-0.15, -0.1) is 0 Å². The number of nitrogens with zero attached hydrogens (tertiary/aromatic N) is 2. The van der Waals surface area contributed by atoms with Crippen molar-refractivity contribution < 1.29 is 17.9 Å². The average molecular weight is 292 g/mol. The SMILES string of the molecule is CC(C)(C)OC(=O)CN1CCCN(S(C)(=O)=O)CC1. The third-order valence-electron chi connectivity index (χ3n) is 2.79. The van der Waals surface area contributed by atoms with Gasteiger partial charge in [-0.2, -0.15) is 0 Å². The highest BCUT2D eigenvalue weighted by molar-refractivity contribution is 7.88. The number of sulfonamides is 1. The molecular formula is C12H24N2O4S. The van der Waals surface area contributed by atoms with Crippen LogP contribution < -0.4 is 0 Å². The minimum absolute atomic E-state index is 0.217. The summed E-state index contributed by atoms with van der Waals surface area (Å²) < 4.78 is 29.7. The molecule has 1 fully saturated rings. The van der Waals surface area contributed by atoms with E-state index in [4.69, 9.17) is 4.74 Å². The molecule has 1 aliphatic rings. The minimum atomic E-state index is -3.14. The van der Waals surface area contributed by atoms with Crippen molar-refractivity contribution in [2.75, 3.05) is 39.0 Å². The quantitative estimate of drug-likeness (QED) is 0.700. The Balaban J connectivity index is 2.48. The summed E-state index contributed by atoms with van der Waals surface area (Å²) >= 11 is 0. The van der Waals surface area contributed by atoms with E-state index in [1.54, 1.807) is 0 Å². The van der Waals surface area contributed by atoms with Crippen molar-refractivity contribution in [1.29, 1.82) is 0 Å². The molecule has 0 aliphatic carbocycles. The number of hydrogen-bond acceptors (Lipinski definition) is 5. The van der Waals surface area contributed by atoms with E-state index in [1.807, 2.05) is 25.7 Å². The van der Waals surface area contributed by atoms with Crippen molar-refractivity contribution in [3.63, 3.8) is 0 Å². The Bertz CT molecular complexity index is 414. The lowest BCUT2D eigenvalue weighted by atomic mass is 10.2. The highest BCUT2D eigenvalue weighted by Crippen LogP contribution is 2.10. The monoisotopic (exact) mass is 292 g/mol. The molecule has 0 N–H and O–H groups in total. The molecule has 1 heterocycles. The summed E-state index contributed by atoms with van der Waals surface area (Å²) in [5.74, 6) is -0.264. The lowest BCUT2D eigenvalue weighted by Crippen LogP contribution is -2.38. The molecule has 0 unspecified atom stereocenters. The first-order valence-electron chi connectivity index (χ1n) is 6.47. The molecule has 0 aromatic heterocycles. The van der Waals surface area contributed by atoms with Crippen LogP contribution in [0, 0.1) is 0 Å². The first-order valence-corrected chi connectivity index (χ1v) is 8.32. The van der Waals surface area contributed by atoms with Crippen LogP contribution in [0.15, 0.2) is 0 Å². The van der Waals surface area contributed by atoms with E-state index in [9.17, 15) is 13.2 Å². The lowest BCUT2D eigenvalue weighted by Gasteiger charge is -2.24. The smallest absolute Gasteiger partial charge is 0.320 e. The van der Waals surface area contributed by atoms with Gasteiger partial charge in [0.25, 0.3) is 0 Å². The molecule has 112 valence electrons. The second kappa shape index (κ2) is 6.19. The maximum atomic E-state index is 11.7. The van der Waals surface area contributed by atoms with Gasteiger partial charge in [-0.05, 0) is 27.2 Å². The van der Waals surface area contributed by atoms with Crippen LogP contribution >= 0.6 is 0 Å². The zero-order chi connectivity index (χ0) is 14.7. The maximum Gasteiger partial charge on any atom is 0.320 e. The van der Waals surface area contributed by atoms with Gasteiger partial charge < -0.3 is 4.74 Å². The zero-order valence-electron chi connectivity index (χ0n) is 12.2.